The molecular weight excluding hydrogens is 249 g/mol. The molecule has 0 atom stereocenters. The molecule has 0 bridgehead atoms. The van der Waals surface area contributed by atoms with Gasteiger partial charge in [0.25, 0.3) is 0 Å². The Labute approximate surface area is 102 Å². The van der Waals surface area contributed by atoms with Crippen molar-refractivity contribution in [3.63, 3.8) is 0 Å². The first-order valence-corrected chi connectivity index (χ1v) is 5.21. The van der Waals surface area contributed by atoms with E-state index >= 15 is 0 Å². The number of nitrogens with zero attached hydrogens (tertiary/aromatic N) is 1. The van der Waals surface area contributed by atoms with Crippen molar-refractivity contribution in [1.29, 1.82) is 0 Å². The molecule has 82 valence electrons. The summed E-state index contributed by atoms with van der Waals surface area (Å²) in [5, 5.41) is 1.24. The number of rotatable bonds is 2. The zero-order valence-electron chi connectivity index (χ0n) is 8.33. The Hall–Kier alpha value is -1.32. The lowest BCUT2D eigenvalue weighted by atomic mass is 10.1. The summed E-state index contributed by atoms with van der Waals surface area (Å²) in [7, 11) is 1.52. The SMILES string of the molecule is COc1ccc2nc(Cl)c(C=O)cc2c1Cl. The number of fused-ring (bicyclic) bond motifs is 1. The summed E-state index contributed by atoms with van der Waals surface area (Å²) >= 11 is 11.9. The third-order valence-corrected chi connectivity index (χ3v) is 2.92. The van der Waals surface area contributed by atoms with E-state index in [1.807, 2.05) is 0 Å². The predicted molar refractivity (Wildman–Crippen MR) is 63.7 cm³/mol. The zero-order valence-corrected chi connectivity index (χ0v) is 9.84. The number of halogens is 2. The van der Waals surface area contributed by atoms with Crippen molar-refractivity contribution in [1.82, 2.24) is 4.98 Å². The van der Waals surface area contributed by atoms with Crippen LogP contribution in [0.4, 0.5) is 0 Å². The van der Waals surface area contributed by atoms with Crippen LogP contribution in [0.3, 0.4) is 0 Å². The van der Waals surface area contributed by atoms with Gasteiger partial charge in [-0.1, -0.05) is 23.2 Å². The molecule has 3 nitrogen and oxygen atoms in total. The van der Waals surface area contributed by atoms with Crippen LogP contribution < -0.4 is 4.74 Å². The van der Waals surface area contributed by atoms with E-state index in [-0.39, 0.29) is 5.15 Å². The molecule has 0 aliphatic rings. The highest BCUT2D eigenvalue weighted by Crippen LogP contribution is 2.33. The summed E-state index contributed by atoms with van der Waals surface area (Å²) in [6, 6.07) is 5.04. The number of hydrogen-bond donors (Lipinski definition) is 0. The fourth-order valence-electron chi connectivity index (χ4n) is 1.42. The van der Waals surface area contributed by atoms with E-state index in [9.17, 15) is 4.79 Å². The maximum atomic E-state index is 10.7. The van der Waals surface area contributed by atoms with Gasteiger partial charge in [0.2, 0.25) is 0 Å². The van der Waals surface area contributed by atoms with Gasteiger partial charge in [0.1, 0.15) is 10.9 Å². The van der Waals surface area contributed by atoms with Gasteiger partial charge in [0.05, 0.1) is 23.2 Å². The van der Waals surface area contributed by atoms with Crippen molar-refractivity contribution >= 4 is 40.4 Å². The maximum Gasteiger partial charge on any atom is 0.153 e. The van der Waals surface area contributed by atoms with Crippen molar-refractivity contribution in [2.24, 2.45) is 0 Å². The van der Waals surface area contributed by atoms with E-state index in [2.05, 4.69) is 4.98 Å². The minimum atomic E-state index is 0.170. The summed E-state index contributed by atoms with van der Waals surface area (Å²) in [4.78, 5) is 14.8. The lowest BCUT2D eigenvalue weighted by molar-refractivity contribution is 0.112. The lowest BCUT2D eigenvalue weighted by Gasteiger charge is -2.07. The normalized spacial score (nSPS) is 10.4. The van der Waals surface area contributed by atoms with Gasteiger partial charge in [-0.3, -0.25) is 4.79 Å². The standard InChI is InChI=1S/C11H7Cl2NO2/c1-16-9-3-2-8-7(10(9)12)4-6(5-15)11(13)14-8/h2-5H,1H3. The van der Waals surface area contributed by atoms with E-state index in [1.165, 1.54) is 7.11 Å². The van der Waals surface area contributed by atoms with Gasteiger partial charge < -0.3 is 4.74 Å². The lowest BCUT2D eigenvalue weighted by Crippen LogP contribution is -1.91. The van der Waals surface area contributed by atoms with Crippen LogP contribution in [0.15, 0.2) is 18.2 Å². The van der Waals surface area contributed by atoms with Crippen molar-refractivity contribution in [3.05, 3.63) is 33.9 Å². The summed E-state index contributed by atoms with van der Waals surface area (Å²) in [6.07, 6.45) is 0.643. The van der Waals surface area contributed by atoms with Crippen molar-refractivity contribution in [2.75, 3.05) is 7.11 Å². The van der Waals surface area contributed by atoms with Crippen LogP contribution in [0.2, 0.25) is 10.2 Å². The van der Waals surface area contributed by atoms with E-state index in [0.29, 0.717) is 33.5 Å². The molecule has 0 N–H and O–H groups in total. The van der Waals surface area contributed by atoms with Crippen LogP contribution in [-0.2, 0) is 0 Å². The van der Waals surface area contributed by atoms with Crippen LogP contribution >= 0.6 is 23.2 Å². The fraction of sp³-hybridized carbons (Fsp3) is 0.0909. The number of hydrogen-bond acceptors (Lipinski definition) is 3. The number of benzene rings is 1. The number of carbonyl (C=O) groups is 1. The highest BCUT2D eigenvalue weighted by Gasteiger charge is 2.10. The number of aldehydes is 1. The van der Waals surface area contributed by atoms with Crippen LogP contribution in [0.25, 0.3) is 10.9 Å². The Morgan fingerprint density at radius 1 is 1.38 bits per heavy atom. The number of pyridine rings is 1. The zero-order chi connectivity index (χ0) is 11.7. The first-order chi connectivity index (χ1) is 7.67. The molecule has 0 amide bonds. The van der Waals surface area contributed by atoms with Crippen LogP contribution in [0.1, 0.15) is 10.4 Å². The summed E-state index contributed by atoms with van der Waals surface area (Å²) < 4.78 is 5.08. The third-order valence-electron chi connectivity index (χ3n) is 2.22. The summed E-state index contributed by atoms with van der Waals surface area (Å²) in [5.41, 5.74) is 0.936. The predicted octanol–water partition coefficient (Wildman–Crippen LogP) is 3.36. The number of ether oxygens (including phenoxy) is 1. The molecule has 1 aromatic heterocycles. The van der Waals surface area contributed by atoms with Gasteiger partial charge in [-0.25, -0.2) is 4.98 Å². The van der Waals surface area contributed by atoms with E-state index in [0.717, 1.165) is 0 Å². The molecule has 5 heteroatoms. The second kappa shape index (κ2) is 4.28. The van der Waals surface area contributed by atoms with E-state index in [4.69, 9.17) is 27.9 Å². The fourth-order valence-corrected chi connectivity index (χ4v) is 1.90. The Bertz CT molecular complexity index is 569. The van der Waals surface area contributed by atoms with Gasteiger partial charge in [-0.15, -0.1) is 0 Å². The quantitative estimate of drug-likeness (QED) is 0.610. The minimum Gasteiger partial charge on any atom is -0.495 e. The molecule has 0 spiro atoms. The molecule has 0 aliphatic heterocycles. The molecule has 1 aromatic carbocycles. The maximum absolute atomic E-state index is 10.7. The highest BCUT2D eigenvalue weighted by molar-refractivity contribution is 6.37. The number of aromatic nitrogens is 1. The molecule has 2 aromatic rings. The summed E-state index contributed by atoms with van der Waals surface area (Å²) in [6.45, 7) is 0. The Balaban J connectivity index is 2.82. The van der Waals surface area contributed by atoms with Crippen LogP contribution in [0.5, 0.6) is 5.75 Å². The van der Waals surface area contributed by atoms with E-state index < -0.39 is 0 Å². The topological polar surface area (TPSA) is 39.2 Å². The molecular formula is C11H7Cl2NO2. The second-order valence-corrected chi connectivity index (χ2v) is 3.87. The van der Waals surface area contributed by atoms with Gasteiger partial charge in [0, 0.05) is 5.39 Å². The van der Waals surface area contributed by atoms with Crippen molar-refractivity contribution in [3.8, 4) is 5.75 Å². The van der Waals surface area contributed by atoms with Crippen molar-refractivity contribution in [2.45, 2.75) is 0 Å². The molecule has 0 saturated heterocycles. The smallest absolute Gasteiger partial charge is 0.153 e. The monoisotopic (exact) mass is 255 g/mol. The van der Waals surface area contributed by atoms with Crippen LogP contribution in [0, 0.1) is 0 Å². The first kappa shape index (κ1) is 11.2. The minimum absolute atomic E-state index is 0.170. The third kappa shape index (κ3) is 1.72. The molecule has 0 radical (unpaired) electrons. The van der Waals surface area contributed by atoms with Gasteiger partial charge >= 0.3 is 0 Å². The van der Waals surface area contributed by atoms with Gasteiger partial charge in [0.15, 0.2) is 6.29 Å². The van der Waals surface area contributed by atoms with E-state index in [1.54, 1.807) is 18.2 Å². The van der Waals surface area contributed by atoms with Gasteiger partial charge in [-0.2, -0.15) is 0 Å². The molecule has 0 unspecified atom stereocenters. The van der Waals surface area contributed by atoms with Crippen molar-refractivity contribution < 1.29 is 9.53 Å². The first-order valence-electron chi connectivity index (χ1n) is 4.45. The molecule has 16 heavy (non-hydrogen) atoms. The van der Waals surface area contributed by atoms with Crippen LogP contribution in [-0.4, -0.2) is 18.4 Å². The molecule has 0 aliphatic carbocycles. The Morgan fingerprint density at radius 2 is 2.12 bits per heavy atom. The average Bonchev–Trinajstić information content (AvgIpc) is 2.29. The summed E-state index contributed by atoms with van der Waals surface area (Å²) in [5.74, 6) is 0.537. The highest BCUT2D eigenvalue weighted by atomic mass is 35.5. The second-order valence-electron chi connectivity index (χ2n) is 3.13. The largest absolute Gasteiger partial charge is 0.495 e. The van der Waals surface area contributed by atoms with Gasteiger partial charge in [-0.05, 0) is 18.2 Å². The molecule has 0 saturated carbocycles. The number of methoxy groups -OCH3 is 1. The average molecular weight is 256 g/mol. The number of carbonyl (C=O) groups excluding carboxylic acids is 1. The Morgan fingerprint density at radius 3 is 2.75 bits per heavy atom. The Kier molecular flexibility index (Phi) is 2.99. The molecule has 0 fully saturated rings. The molecule has 2 rings (SSSR count). The molecule has 1 heterocycles.